The monoisotopic (exact) mass is 525 g/mol. The molecule has 40 heavy (non-hydrogen) atoms. The first-order valence-electron chi connectivity index (χ1n) is 13.5. The summed E-state index contributed by atoms with van der Waals surface area (Å²) in [7, 11) is 0. The quantitative estimate of drug-likeness (QED) is 0.229. The van der Waals surface area contributed by atoms with E-state index in [1.165, 1.54) is 4.90 Å². The molecule has 1 N–H and O–H groups in total. The number of carbonyl (C=O) groups is 3. The second-order valence-corrected chi connectivity index (χ2v) is 10.8. The van der Waals surface area contributed by atoms with Crippen molar-refractivity contribution in [2.24, 2.45) is 16.9 Å². The fraction of sp³-hybridized carbons (Fsp3) is 0.176. The molecular formula is C34H27N3O3. The van der Waals surface area contributed by atoms with Crippen LogP contribution in [0, 0.1) is 18.8 Å². The lowest BCUT2D eigenvalue weighted by Gasteiger charge is -2.52. The topological polar surface area (TPSA) is 78.8 Å². The molecule has 2 bridgehead atoms. The molecule has 6 nitrogen and oxygen atoms in total. The average molecular weight is 526 g/mol. The van der Waals surface area contributed by atoms with E-state index in [1.54, 1.807) is 6.21 Å². The zero-order valence-electron chi connectivity index (χ0n) is 22.0. The van der Waals surface area contributed by atoms with Crippen LogP contribution >= 0.6 is 0 Å². The van der Waals surface area contributed by atoms with Gasteiger partial charge in [-0.05, 0) is 46.9 Å². The molecule has 4 aromatic carbocycles. The van der Waals surface area contributed by atoms with Crippen molar-refractivity contribution >= 4 is 29.6 Å². The molecule has 1 aliphatic heterocycles. The number of hydrogen-bond acceptors (Lipinski definition) is 4. The van der Waals surface area contributed by atoms with Gasteiger partial charge >= 0.3 is 0 Å². The number of anilines is 1. The summed E-state index contributed by atoms with van der Waals surface area (Å²) in [6.45, 7) is 1.97. The van der Waals surface area contributed by atoms with Gasteiger partial charge in [0.05, 0.1) is 29.4 Å². The smallest absolute Gasteiger partial charge is 0.244 e. The van der Waals surface area contributed by atoms with Crippen molar-refractivity contribution in [2.45, 2.75) is 24.7 Å². The van der Waals surface area contributed by atoms with Crippen molar-refractivity contribution in [3.05, 3.63) is 137 Å². The Bertz CT molecular complexity index is 1650. The predicted octanol–water partition coefficient (Wildman–Crippen LogP) is 4.89. The number of hydrazone groups is 1. The Kier molecular flexibility index (Phi) is 5.52. The van der Waals surface area contributed by atoms with Gasteiger partial charge in [0, 0.05) is 12.1 Å². The van der Waals surface area contributed by atoms with Gasteiger partial charge in [0.2, 0.25) is 17.7 Å². The zero-order chi connectivity index (χ0) is 27.4. The molecule has 3 amide bonds. The fourth-order valence-corrected chi connectivity index (χ4v) is 7.02. The van der Waals surface area contributed by atoms with E-state index in [0.29, 0.717) is 5.69 Å². The Labute approximate surface area is 232 Å². The number of carbonyl (C=O) groups excluding carboxylic acids is 3. The lowest BCUT2D eigenvalue weighted by atomic mass is 9.47. The molecule has 1 fully saturated rings. The van der Waals surface area contributed by atoms with Crippen LogP contribution < -0.4 is 10.3 Å². The molecule has 2 atom stereocenters. The Hall–Kier alpha value is -4.84. The highest BCUT2D eigenvalue weighted by molar-refractivity contribution is 6.25. The zero-order valence-corrected chi connectivity index (χ0v) is 22.0. The van der Waals surface area contributed by atoms with Crippen LogP contribution in [-0.2, 0) is 26.2 Å². The van der Waals surface area contributed by atoms with Gasteiger partial charge in [-0.3, -0.25) is 14.4 Å². The minimum Gasteiger partial charge on any atom is -0.274 e. The van der Waals surface area contributed by atoms with Crippen LogP contribution in [0.25, 0.3) is 0 Å². The van der Waals surface area contributed by atoms with Crippen molar-refractivity contribution in [1.29, 1.82) is 0 Å². The van der Waals surface area contributed by atoms with Crippen molar-refractivity contribution in [3.63, 3.8) is 0 Å². The molecule has 0 aromatic heterocycles. The molecule has 8 rings (SSSR count). The van der Waals surface area contributed by atoms with Gasteiger partial charge in [-0.15, -0.1) is 0 Å². The predicted molar refractivity (Wildman–Crippen MR) is 153 cm³/mol. The van der Waals surface area contributed by atoms with Gasteiger partial charge in [0.25, 0.3) is 0 Å². The standard InChI is InChI=1S/C34H27N3O3/c1-21-15-17-23(18-16-21)37-32(39)30-29-24-11-5-7-13-26(24)34(31(30)33(37)40,27-14-8-6-12-25(27)29)20-35-36-28(38)19-22-9-3-2-4-10-22/h2-18,20,29-31H,19H2,1H3,(H,36,38)/b35-20-/t29?,30-,31-,34?/m1/s1. The Morgan fingerprint density at radius 3 is 2.08 bits per heavy atom. The molecule has 0 saturated carbocycles. The molecular weight excluding hydrogens is 498 g/mol. The van der Waals surface area contributed by atoms with Gasteiger partial charge in [0.15, 0.2) is 0 Å². The first-order valence-corrected chi connectivity index (χ1v) is 13.5. The van der Waals surface area contributed by atoms with Crippen LogP contribution in [0.5, 0.6) is 0 Å². The SMILES string of the molecule is Cc1ccc(N2C(=O)[C@@H]3C4c5ccccc5C(/C=N\NC(=O)Cc5ccccc5)(c5ccccc54)[C@H]3C2=O)cc1. The third-order valence-electron chi connectivity index (χ3n) is 8.64. The number of nitrogens with zero attached hydrogens (tertiary/aromatic N) is 2. The summed E-state index contributed by atoms with van der Waals surface area (Å²) in [5.41, 5.74) is 8.14. The number of amides is 3. The molecule has 3 aliphatic carbocycles. The maximum absolute atomic E-state index is 14.3. The van der Waals surface area contributed by atoms with Gasteiger partial charge in [-0.2, -0.15) is 5.10 Å². The normalized spacial score (nSPS) is 24.1. The third-order valence-corrected chi connectivity index (χ3v) is 8.64. The molecule has 1 saturated heterocycles. The first kappa shape index (κ1) is 24.2. The summed E-state index contributed by atoms with van der Waals surface area (Å²) < 4.78 is 0. The third kappa shape index (κ3) is 3.42. The second kappa shape index (κ2) is 9.12. The van der Waals surface area contributed by atoms with Crippen molar-refractivity contribution in [1.82, 2.24) is 5.43 Å². The highest BCUT2D eigenvalue weighted by Gasteiger charge is 2.68. The Balaban J connectivity index is 1.36. The minimum atomic E-state index is -1.02. The number of benzene rings is 4. The molecule has 0 unspecified atom stereocenters. The van der Waals surface area contributed by atoms with Gasteiger partial charge in [0.1, 0.15) is 0 Å². The number of hydrogen-bond donors (Lipinski definition) is 1. The molecule has 6 heteroatoms. The minimum absolute atomic E-state index is 0.186. The molecule has 0 radical (unpaired) electrons. The van der Waals surface area contributed by atoms with E-state index >= 15 is 0 Å². The Morgan fingerprint density at radius 2 is 1.43 bits per heavy atom. The first-order chi connectivity index (χ1) is 19.5. The molecule has 4 aliphatic rings. The summed E-state index contributed by atoms with van der Waals surface area (Å²) >= 11 is 0. The molecule has 1 heterocycles. The Morgan fingerprint density at radius 1 is 0.825 bits per heavy atom. The van der Waals surface area contributed by atoms with E-state index in [9.17, 15) is 14.4 Å². The molecule has 4 aromatic rings. The maximum Gasteiger partial charge on any atom is 0.244 e. The van der Waals surface area contributed by atoms with Crippen molar-refractivity contribution in [3.8, 4) is 0 Å². The molecule has 0 spiro atoms. The van der Waals surface area contributed by atoms with Crippen LogP contribution in [-0.4, -0.2) is 23.9 Å². The highest BCUT2D eigenvalue weighted by atomic mass is 16.2. The summed E-state index contributed by atoms with van der Waals surface area (Å²) in [5, 5.41) is 4.48. The second-order valence-electron chi connectivity index (χ2n) is 10.8. The average Bonchev–Trinajstić information content (AvgIpc) is 3.25. The van der Waals surface area contributed by atoms with Crippen LogP contribution in [0.2, 0.25) is 0 Å². The summed E-state index contributed by atoms with van der Waals surface area (Å²) in [4.78, 5) is 42.7. The largest absolute Gasteiger partial charge is 0.274 e. The highest BCUT2D eigenvalue weighted by Crippen LogP contribution is 2.63. The van der Waals surface area contributed by atoms with Crippen LogP contribution in [0.1, 0.15) is 39.3 Å². The maximum atomic E-state index is 14.3. The van der Waals surface area contributed by atoms with E-state index in [4.69, 9.17) is 0 Å². The van der Waals surface area contributed by atoms with Gasteiger partial charge in [-0.25, -0.2) is 10.3 Å². The lowest BCUT2D eigenvalue weighted by molar-refractivity contribution is -0.123. The molecule has 196 valence electrons. The summed E-state index contributed by atoms with van der Waals surface area (Å²) in [6, 6.07) is 33.0. The van der Waals surface area contributed by atoms with Crippen molar-refractivity contribution in [2.75, 3.05) is 4.90 Å². The number of nitrogens with one attached hydrogen (secondary N) is 1. The summed E-state index contributed by atoms with van der Waals surface area (Å²) in [6.07, 6.45) is 1.88. The van der Waals surface area contributed by atoms with Crippen LogP contribution in [0.3, 0.4) is 0 Å². The van der Waals surface area contributed by atoms with Gasteiger partial charge < -0.3 is 0 Å². The number of rotatable bonds is 5. The van der Waals surface area contributed by atoms with E-state index in [1.807, 2.05) is 97.9 Å². The van der Waals surface area contributed by atoms with E-state index in [2.05, 4.69) is 22.7 Å². The lowest BCUT2D eigenvalue weighted by Crippen LogP contribution is -2.54. The van der Waals surface area contributed by atoms with E-state index in [0.717, 1.165) is 33.4 Å². The van der Waals surface area contributed by atoms with Crippen LogP contribution in [0.15, 0.2) is 108 Å². The van der Waals surface area contributed by atoms with Gasteiger partial charge in [-0.1, -0.05) is 96.6 Å². The van der Waals surface area contributed by atoms with Crippen LogP contribution in [0.4, 0.5) is 5.69 Å². The van der Waals surface area contributed by atoms with E-state index < -0.39 is 17.3 Å². The number of imide groups is 1. The van der Waals surface area contributed by atoms with Crippen molar-refractivity contribution < 1.29 is 14.4 Å². The number of aryl methyl sites for hydroxylation is 1. The van der Waals surface area contributed by atoms with E-state index in [-0.39, 0.29) is 30.1 Å². The fourth-order valence-electron chi connectivity index (χ4n) is 7.02. The summed E-state index contributed by atoms with van der Waals surface area (Å²) in [5.74, 6) is -2.20.